The first-order valence-electron chi connectivity index (χ1n) is 13.7. The van der Waals surface area contributed by atoms with Gasteiger partial charge in [0.05, 0.1) is 55.1 Å². The van der Waals surface area contributed by atoms with E-state index in [1.807, 2.05) is 54.6 Å². The minimum absolute atomic E-state index is 0.0276. The summed E-state index contributed by atoms with van der Waals surface area (Å²) in [7, 11) is 9.77. The number of hydrogen-bond donors (Lipinski definition) is 0. The molecule has 0 bridgehead atoms. The molecule has 0 N–H and O–H groups in total. The summed E-state index contributed by atoms with van der Waals surface area (Å²) in [6, 6.07) is 11.6. The molecule has 0 aliphatic carbocycles. The summed E-state index contributed by atoms with van der Waals surface area (Å²) in [5, 5.41) is 0. The van der Waals surface area contributed by atoms with Gasteiger partial charge < -0.3 is 23.4 Å². The molecule has 2 aromatic carbocycles. The Bertz CT molecular complexity index is 1140. The fraction of sp³-hybridized carbons (Fsp3) is 0.424. The van der Waals surface area contributed by atoms with E-state index >= 15 is 0 Å². The minimum atomic E-state index is 0.0276. The predicted molar refractivity (Wildman–Crippen MR) is 161 cm³/mol. The molecule has 0 spiro atoms. The highest BCUT2D eigenvalue weighted by Crippen LogP contribution is 2.30. The molecule has 0 saturated heterocycles. The number of rotatable bonds is 17. The van der Waals surface area contributed by atoms with Gasteiger partial charge in [-0.1, -0.05) is 50.3 Å². The molecule has 0 unspecified atom stereocenters. The molecule has 0 atom stereocenters. The Labute approximate surface area is 235 Å². The zero-order valence-electron chi connectivity index (χ0n) is 24.8. The van der Waals surface area contributed by atoms with Crippen molar-refractivity contribution in [2.75, 3.05) is 55.1 Å². The average Bonchev–Trinajstić information content (AvgIpc) is 2.91. The molecule has 0 fully saturated rings. The molecule has 212 valence electrons. The van der Waals surface area contributed by atoms with Crippen molar-refractivity contribution in [2.45, 2.75) is 39.5 Å². The SMILES string of the molecule is CC/C=C(\C=C\c1ccc(OCCC)c(OC)c1)CC(=O)/C=C/c1ccc(OCCC[N+](C)(C)C)c(OC)c1. The summed E-state index contributed by atoms with van der Waals surface area (Å²) in [6.45, 7) is 6.44. The second kappa shape index (κ2) is 16.5. The van der Waals surface area contributed by atoms with E-state index in [9.17, 15) is 4.79 Å². The molecular weight excluding hydrogens is 490 g/mol. The van der Waals surface area contributed by atoms with Crippen LogP contribution in [0.4, 0.5) is 0 Å². The third-order valence-electron chi connectivity index (χ3n) is 5.86. The van der Waals surface area contributed by atoms with E-state index in [-0.39, 0.29) is 5.78 Å². The fourth-order valence-corrected chi connectivity index (χ4v) is 3.86. The molecule has 0 amide bonds. The van der Waals surface area contributed by atoms with Gasteiger partial charge in [-0.2, -0.15) is 0 Å². The highest BCUT2D eigenvalue weighted by Gasteiger charge is 2.09. The molecule has 2 aromatic rings. The Morgan fingerprint density at radius 2 is 1.36 bits per heavy atom. The van der Waals surface area contributed by atoms with Crippen LogP contribution in [0.15, 0.2) is 60.2 Å². The Kier molecular flexibility index (Phi) is 13.4. The first kappa shape index (κ1) is 31.7. The number of carbonyl (C=O) groups excluding carboxylic acids is 1. The van der Waals surface area contributed by atoms with Gasteiger partial charge in [0.25, 0.3) is 0 Å². The van der Waals surface area contributed by atoms with Gasteiger partial charge in [-0.15, -0.1) is 0 Å². The van der Waals surface area contributed by atoms with Crippen molar-refractivity contribution in [3.05, 3.63) is 71.3 Å². The van der Waals surface area contributed by atoms with Crippen molar-refractivity contribution < 1.29 is 28.2 Å². The van der Waals surface area contributed by atoms with Crippen molar-refractivity contribution in [3.8, 4) is 23.0 Å². The lowest BCUT2D eigenvalue weighted by atomic mass is 10.0. The number of hydrogen-bond acceptors (Lipinski definition) is 5. The van der Waals surface area contributed by atoms with E-state index in [1.54, 1.807) is 20.3 Å². The summed E-state index contributed by atoms with van der Waals surface area (Å²) in [5.41, 5.74) is 2.83. The highest BCUT2D eigenvalue weighted by molar-refractivity contribution is 5.95. The quantitative estimate of drug-likeness (QED) is 0.0944. The van der Waals surface area contributed by atoms with Gasteiger partial charge in [0.1, 0.15) is 0 Å². The summed E-state index contributed by atoms with van der Waals surface area (Å²) in [6.07, 6.45) is 12.6. The second-order valence-corrected chi connectivity index (χ2v) is 10.4. The zero-order chi connectivity index (χ0) is 28.7. The smallest absolute Gasteiger partial charge is 0.161 e. The van der Waals surface area contributed by atoms with Crippen LogP contribution < -0.4 is 18.9 Å². The Morgan fingerprint density at radius 1 is 0.795 bits per heavy atom. The molecule has 0 saturated carbocycles. The lowest BCUT2D eigenvalue weighted by Gasteiger charge is -2.23. The third kappa shape index (κ3) is 11.8. The number of ether oxygens (including phenoxy) is 4. The molecule has 2 rings (SSSR count). The summed E-state index contributed by atoms with van der Waals surface area (Å²) in [5.74, 6) is 2.83. The number of nitrogens with zero attached hydrogens (tertiary/aromatic N) is 1. The average molecular weight is 537 g/mol. The van der Waals surface area contributed by atoms with Gasteiger partial charge in [0.2, 0.25) is 0 Å². The van der Waals surface area contributed by atoms with Gasteiger partial charge in [0.15, 0.2) is 28.8 Å². The van der Waals surface area contributed by atoms with Crippen LogP contribution in [-0.2, 0) is 4.79 Å². The predicted octanol–water partition coefficient (Wildman–Crippen LogP) is 6.99. The number of allylic oxidation sites excluding steroid dienone is 4. The maximum absolute atomic E-state index is 12.8. The van der Waals surface area contributed by atoms with Crippen molar-refractivity contribution in [1.82, 2.24) is 0 Å². The topological polar surface area (TPSA) is 54.0 Å². The van der Waals surface area contributed by atoms with Crippen molar-refractivity contribution in [1.29, 1.82) is 0 Å². The molecule has 0 heterocycles. The van der Waals surface area contributed by atoms with Crippen LogP contribution in [0.3, 0.4) is 0 Å². The van der Waals surface area contributed by atoms with Crippen LogP contribution in [0.25, 0.3) is 12.2 Å². The van der Waals surface area contributed by atoms with Crippen LogP contribution >= 0.6 is 0 Å². The molecule has 6 heteroatoms. The molecule has 0 radical (unpaired) electrons. The number of quaternary nitrogens is 1. The van der Waals surface area contributed by atoms with Crippen LogP contribution in [0.5, 0.6) is 23.0 Å². The summed E-state index contributed by atoms with van der Waals surface area (Å²) < 4.78 is 23.6. The van der Waals surface area contributed by atoms with Gasteiger partial charge in [-0.25, -0.2) is 0 Å². The number of ketones is 1. The van der Waals surface area contributed by atoms with Gasteiger partial charge in [-0.3, -0.25) is 4.79 Å². The Morgan fingerprint density at radius 3 is 1.87 bits per heavy atom. The van der Waals surface area contributed by atoms with E-state index < -0.39 is 0 Å². The third-order valence-corrected chi connectivity index (χ3v) is 5.86. The highest BCUT2D eigenvalue weighted by atomic mass is 16.5. The molecule has 39 heavy (non-hydrogen) atoms. The first-order chi connectivity index (χ1) is 18.7. The van der Waals surface area contributed by atoms with Crippen LogP contribution in [0, 0.1) is 0 Å². The minimum Gasteiger partial charge on any atom is -0.493 e. The summed E-state index contributed by atoms with van der Waals surface area (Å²) in [4.78, 5) is 12.8. The van der Waals surface area contributed by atoms with Crippen LogP contribution in [0.2, 0.25) is 0 Å². The van der Waals surface area contributed by atoms with Crippen LogP contribution in [-0.4, -0.2) is 65.4 Å². The molecule has 0 aliphatic heterocycles. The summed E-state index contributed by atoms with van der Waals surface area (Å²) >= 11 is 0. The van der Waals surface area contributed by atoms with Crippen LogP contribution in [0.1, 0.15) is 50.7 Å². The lowest BCUT2D eigenvalue weighted by Crippen LogP contribution is -2.35. The van der Waals surface area contributed by atoms with E-state index in [2.05, 4.69) is 41.1 Å². The normalized spacial score (nSPS) is 12.2. The first-order valence-corrected chi connectivity index (χ1v) is 13.7. The second-order valence-electron chi connectivity index (χ2n) is 10.4. The molecule has 0 aromatic heterocycles. The number of methoxy groups -OCH3 is 2. The Hall–Kier alpha value is -3.51. The maximum atomic E-state index is 12.8. The molecular formula is C33H46NO5+. The largest absolute Gasteiger partial charge is 0.493 e. The monoisotopic (exact) mass is 536 g/mol. The molecule has 6 nitrogen and oxygen atoms in total. The lowest BCUT2D eigenvalue weighted by molar-refractivity contribution is -0.870. The van der Waals surface area contributed by atoms with E-state index in [0.717, 1.165) is 52.7 Å². The number of carbonyl (C=O) groups is 1. The van der Waals surface area contributed by atoms with E-state index in [4.69, 9.17) is 18.9 Å². The van der Waals surface area contributed by atoms with Crippen molar-refractivity contribution >= 4 is 17.9 Å². The van der Waals surface area contributed by atoms with Gasteiger partial charge in [0, 0.05) is 12.8 Å². The van der Waals surface area contributed by atoms with E-state index in [0.29, 0.717) is 36.9 Å². The van der Waals surface area contributed by atoms with E-state index in [1.165, 1.54) is 0 Å². The Balaban J connectivity index is 2.02. The number of benzene rings is 2. The molecule has 0 aliphatic rings. The fourth-order valence-electron chi connectivity index (χ4n) is 3.86. The maximum Gasteiger partial charge on any atom is 0.161 e. The van der Waals surface area contributed by atoms with Crippen molar-refractivity contribution in [3.63, 3.8) is 0 Å². The van der Waals surface area contributed by atoms with Crippen molar-refractivity contribution in [2.24, 2.45) is 0 Å². The zero-order valence-corrected chi connectivity index (χ0v) is 24.8. The van der Waals surface area contributed by atoms with Gasteiger partial charge >= 0.3 is 0 Å². The standard InChI is InChI=1S/C33H46NO5/c1-8-11-26(12-13-27-15-18-30(38-21-9-2)32(24-27)36-6)23-29(35)17-14-28-16-19-31(33(25-28)37-7)39-22-10-20-34(3,4)5/h11-19,24-25H,8-10,20-23H2,1-7H3/q+1/b13-12+,17-14+,26-11+. The van der Waals surface area contributed by atoms with Gasteiger partial charge in [-0.05, 0) is 59.9 Å².